The molecule has 5 heteroatoms. The summed E-state index contributed by atoms with van der Waals surface area (Å²) in [7, 11) is 0. The molecule has 4 nitrogen and oxygen atoms in total. The highest BCUT2D eigenvalue weighted by Crippen LogP contribution is 2.33. The zero-order chi connectivity index (χ0) is 13.2. The average Bonchev–Trinajstić information content (AvgIpc) is 2.87. The van der Waals surface area contributed by atoms with Crippen molar-refractivity contribution >= 4 is 22.9 Å². The molecule has 1 aliphatic rings. The first-order chi connectivity index (χ1) is 9.26. The van der Waals surface area contributed by atoms with E-state index in [0.717, 1.165) is 34.8 Å². The number of carbonyl (C=O) groups is 1. The molecule has 0 radical (unpaired) electrons. The van der Waals surface area contributed by atoms with Crippen molar-refractivity contribution in [3.05, 3.63) is 28.6 Å². The highest BCUT2D eigenvalue weighted by molar-refractivity contribution is 7.09. The first-order valence-corrected chi connectivity index (χ1v) is 7.15. The number of thiazole rings is 1. The molecule has 2 heterocycles. The van der Waals surface area contributed by atoms with Crippen molar-refractivity contribution < 1.29 is 9.53 Å². The molecule has 1 N–H and O–H groups in total. The van der Waals surface area contributed by atoms with Gasteiger partial charge in [-0.2, -0.15) is 0 Å². The molecule has 1 aliphatic heterocycles. The maximum atomic E-state index is 11.3. The first-order valence-electron chi connectivity index (χ1n) is 6.27. The zero-order valence-corrected chi connectivity index (χ0v) is 11.4. The molecular formula is C14H14N2O2S. The number of rotatable bonds is 3. The van der Waals surface area contributed by atoms with Crippen LogP contribution in [0, 0.1) is 0 Å². The second-order valence-corrected chi connectivity index (χ2v) is 5.37. The highest BCUT2D eigenvalue weighted by atomic mass is 32.1. The molecular weight excluding hydrogens is 260 g/mol. The number of aryl methyl sites for hydroxylation is 1. The van der Waals surface area contributed by atoms with E-state index in [1.807, 2.05) is 18.2 Å². The number of hydrogen-bond acceptors (Lipinski definition) is 4. The summed E-state index contributed by atoms with van der Waals surface area (Å²) < 4.78 is 5.34. The molecule has 0 atom stereocenters. The van der Waals surface area contributed by atoms with E-state index >= 15 is 0 Å². The lowest BCUT2D eigenvalue weighted by molar-refractivity contribution is -0.118. The van der Waals surface area contributed by atoms with E-state index < -0.39 is 0 Å². The molecule has 3 rings (SSSR count). The van der Waals surface area contributed by atoms with Gasteiger partial charge in [-0.1, -0.05) is 6.92 Å². The van der Waals surface area contributed by atoms with Crippen LogP contribution >= 0.6 is 11.3 Å². The monoisotopic (exact) mass is 274 g/mol. The smallest absolute Gasteiger partial charge is 0.262 e. The molecule has 0 bridgehead atoms. The van der Waals surface area contributed by atoms with Crippen LogP contribution in [-0.4, -0.2) is 17.5 Å². The molecule has 0 saturated heterocycles. The maximum absolute atomic E-state index is 11.3. The number of nitrogens with one attached hydrogen (secondary N) is 1. The Hall–Kier alpha value is -1.88. The Kier molecular flexibility index (Phi) is 3.21. The van der Waals surface area contributed by atoms with Crippen molar-refractivity contribution in [3.8, 4) is 17.0 Å². The Balaban J connectivity index is 1.92. The zero-order valence-electron chi connectivity index (χ0n) is 10.6. The van der Waals surface area contributed by atoms with Crippen LogP contribution in [0.5, 0.6) is 5.75 Å². The number of hydrogen-bond donors (Lipinski definition) is 1. The normalized spacial score (nSPS) is 13.6. The first kappa shape index (κ1) is 12.2. The molecule has 0 saturated carbocycles. The van der Waals surface area contributed by atoms with Crippen LogP contribution in [0.1, 0.15) is 18.4 Å². The lowest BCUT2D eigenvalue weighted by Crippen LogP contribution is -2.25. The number of anilines is 1. The number of ether oxygens (including phenoxy) is 1. The third kappa shape index (κ3) is 2.46. The van der Waals surface area contributed by atoms with Gasteiger partial charge in [0.15, 0.2) is 6.61 Å². The SMILES string of the molecule is CCCc1nc(-c2ccc3c(c2)NC(=O)CO3)cs1. The Morgan fingerprint density at radius 3 is 3.21 bits per heavy atom. The van der Waals surface area contributed by atoms with Gasteiger partial charge >= 0.3 is 0 Å². The molecule has 2 aromatic rings. The third-order valence-corrected chi connectivity index (χ3v) is 3.83. The lowest BCUT2D eigenvalue weighted by atomic mass is 10.1. The number of benzene rings is 1. The minimum atomic E-state index is -0.116. The van der Waals surface area contributed by atoms with Gasteiger partial charge in [-0.05, 0) is 31.0 Å². The fourth-order valence-electron chi connectivity index (χ4n) is 2.01. The maximum Gasteiger partial charge on any atom is 0.262 e. The molecule has 19 heavy (non-hydrogen) atoms. The van der Waals surface area contributed by atoms with E-state index in [9.17, 15) is 4.79 Å². The van der Waals surface area contributed by atoms with Crippen LogP contribution < -0.4 is 10.1 Å². The molecule has 1 aromatic carbocycles. The van der Waals surface area contributed by atoms with E-state index in [0.29, 0.717) is 5.75 Å². The largest absolute Gasteiger partial charge is 0.482 e. The number of nitrogens with zero attached hydrogens (tertiary/aromatic N) is 1. The summed E-state index contributed by atoms with van der Waals surface area (Å²) in [6.07, 6.45) is 2.11. The van der Waals surface area contributed by atoms with Crippen LogP contribution in [-0.2, 0) is 11.2 Å². The van der Waals surface area contributed by atoms with E-state index in [4.69, 9.17) is 4.74 Å². The summed E-state index contributed by atoms with van der Waals surface area (Å²) in [5, 5.41) is 6.02. The quantitative estimate of drug-likeness (QED) is 0.935. The minimum Gasteiger partial charge on any atom is -0.482 e. The summed E-state index contributed by atoms with van der Waals surface area (Å²) in [5.74, 6) is 0.599. The number of amides is 1. The second-order valence-electron chi connectivity index (χ2n) is 4.42. The van der Waals surface area contributed by atoms with Crippen LogP contribution in [0.25, 0.3) is 11.3 Å². The Morgan fingerprint density at radius 2 is 2.37 bits per heavy atom. The Labute approximate surface area is 115 Å². The summed E-state index contributed by atoms with van der Waals surface area (Å²) in [6.45, 7) is 2.23. The van der Waals surface area contributed by atoms with Crippen molar-refractivity contribution in [1.29, 1.82) is 0 Å². The predicted octanol–water partition coefficient (Wildman–Crippen LogP) is 3.09. The van der Waals surface area contributed by atoms with E-state index in [2.05, 4.69) is 22.6 Å². The Morgan fingerprint density at radius 1 is 1.47 bits per heavy atom. The lowest BCUT2D eigenvalue weighted by Gasteiger charge is -2.18. The van der Waals surface area contributed by atoms with Gasteiger partial charge in [-0.3, -0.25) is 4.79 Å². The third-order valence-electron chi connectivity index (χ3n) is 2.92. The minimum absolute atomic E-state index is 0.0870. The van der Waals surface area contributed by atoms with Gasteiger partial charge in [-0.25, -0.2) is 4.98 Å². The Bertz CT molecular complexity index is 622. The topological polar surface area (TPSA) is 51.2 Å². The number of fused-ring (bicyclic) bond motifs is 1. The predicted molar refractivity (Wildman–Crippen MR) is 75.7 cm³/mol. The van der Waals surface area contributed by atoms with Crippen molar-refractivity contribution in [2.75, 3.05) is 11.9 Å². The van der Waals surface area contributed by atoms with Crippen molar-refractivity contribution in [2.45, 2.75) is 19.8 Å². The van der Waals surface area contributed by atoms with Gasteiger partial charge in [0.1, 0.15) is 5.75 Å². The van der Waals surface area contributed by atoms with Crippen LogP contribution in [0.15, 0.2) is 23.6 Å². The van der Waals surface area contributed by atoms with Gasteiger partial charge in [-0.15, -0.1) is 11.3 Å². The molecule has 98 valence electrons. The van der Waals surface area contributed by atoms with Crippen LogP contribution in [0.3, 0.4) is 0 Å². The molecule has 0 unspecified atom stereocenters. The van der Waals surface area contributed by atoms with Gasteiger partial charge in [0, 0.05) is 10.9 Å². The second kappa shape index (κ2) is 5.01. The molecule has 0 fully saturated rings. The highest BCUT2D eigenvalue weighted by Gasteiger charge is 2.16. The van der Waals surface area contributed by atoms with Crippen molar-refractivity contribution in [1.82, 2.24) is 4.98 Å². The molecule has 0 aliphatic carbocycles. The van der Waals surface area contributed by atoms with E-state index in [-0.39, 0.29) is 12.5 Å². The van der Waals surface area contributed by atoms with E-state index in [1.165, 1.54) is 0 Å². The summed E-state index contributed by atoms with van der Waals surface area (Å²) in [4.78, 5) is 15.9. The summed E-state index contributed by atoms with van der Waals surface area (Å²) >= 11 is 1.68. The van der Waals surface area contributed by atoms with Crippen molar-refractivity contribution in [2.24, 2.45) is 0 Å². The number of aromatic nitrogens is 1. The van der Waals surface area contributed by atoms with Crippen LogP contribution in [0.4, 0.5) is 5.69 Å². The van der Waals surface area contributed by atoms with Gasteiger partial charge < -0.3 is 10.1 Å². The number of carbonyl (C=O) groups excluding carboxylic acids is 1. The molecule has 1 aromatic heterocycles. The van der Waals surface area contributed by atoms with Crippen LogP contribution in [0.2, 0.25) is 0 Å². The van der Waals surface area contributed by atoms with Gasteiger partial charge in [0.05, 0.1) is 16.4 Å². The fraction of sp³-hybridized carbons (Fsp3) is 0.286. The van der Waals surface area contributed by atoms with Gasteiger partial charge in [0.25, 0.3) is 5.91 Å². The molecule has 1 amide bonds. The summed E-state index contributed by atoms with van der Waals surface area (Å²) in [6, 6.07) is 5.77. The standard InChI is InChI=1S/C14H14N2O2S/c1-2-3-14-16-11(8-19-14)9-4-5-12-10(6-9)15-13(17)7-18-12/h4-6,8H,2-3,7H2,1H3,(H,15,17). The van der Waals surface area contributed by atoms with Crippen molar-refractivity contribution in [3.63, 3.8) is 0 Å². The summed E-state index contributed by atoms with van der Waals surface area (Å²) in [5.41, 5.74) is 2.68. The van der Waals surface area contributed by atoms with E-state index in [1.54, 1.807) is 11.3 Å². The van der Waals surface area contributed by atoms with Gasteiger partial charge in [0.2, 0.25) is 0 Å². The molecule has 0 spiro atoms. The fourth-order valence-corrected chi connectivity index (χ4v) is 2.92. The average molecular weight is 274 g/mol.